The van der Waals surface area contributed by atoms with Crippen LogP contribution < -0.4 is 4.31 Å². The number of para-hydroxylation sites is 1. The van der Waals surface area contributed by atoms with Crippen LogP contribution in [-0.4, -0.2) is 41.3 Å². The molecule has 0 unspecified atom stereocenters. The van der Waals surface area contributed by atoms with Crippen LogP contribution in [0.5, 0.6) is 0 Å². The maximum absolute atomic E-state index is 13.3. The van der Waals surface area contributed by atoms with E-state index in [1.54, 1.807) is 6.07 Å². The van der Waals surface area contributed by atoms with Crippen molar-refractivity contribution in [1.29, 1.82) is 0 Å². The van der Waals surface area contributed by atoms with Crippen LogP contribution in [0.3, 0.4) is 0 Å². The molecule has 0 bridgehead atoms. The second kappa shape index (κ2) is 6.68. The van der Waals surface area contributed by atoms with Crippen LogP contribution in [0.2, 0.25) is 0 Å². The third-order valence-electron chi connectivity index (χ3n) is 4.60. The molecule has 0 saturated carbocycles. The second-order valence-electron chi connectivity index (χ2n) is 6.58. The average molecular weight is 395 g/mol. The lowest BCUT2D eigenvalue weighted by Crippen LogP contribution is -2.42. The molecular formula is C18H22N2O4S2. The standard InChI is InChI=1S/C18H22N2O4S2/c1-14-11-12-15-7-4-5-10-18(15)20(14)26(23,24)17-9-6-8-16(13-17)25(21,22)19(2)3/h4-10,13-14H,11-12H2,1-3H3/t14-/m1/s1. The molecule has 0 saturated heterocycles. The van der Waals surface area contributed by atoms with E-state index >= 15 is 0 Å². The van der Waals surface area contributed by atoms with Gasteiger partial charge in [0.15, 0.2) is 0 Å². The Morgan fingerprint density at radius 2 is 1.62 bits per heavy atom. The monoisotopic (exact) mass is 394 g/mol. The normalized spacial score (nSPS) is 18.0. The first-order valence-corrected chi connectivity index (χ1v) is 11.2. The summed E-state index contributed by atoms with van der Waals surface area (Å²) in [5, 5.41) is 0. The lowest BCUT2D eigenvalue weighted by molar-refractivity contribution is 0.520. The van der Waals surface area contributed by atoms with Gasteiger partial charge in [-0.05, 0) is 49.6 Å². The molecule has 0 radical (unpaired) electrons. The zero-order valence-corrected chi connectivity index (χ0v) is 16.6. The molecule has 1 atom stereocenters. The summed E-state index contributed by atoms with van der Waals surface area (Å²) < 4.78 is 53.9. The summed E-state index contributed by atoms with van der Waals surface area (Å²) in [6, 6.07) is 12.8. The van der Waals surface area contributed by atoms with Crippen LogP contribution in [0.4, 0.5) is 5.69 Å². The number of aryl methyl sites for hydroxylation is 1. The molecule has 8 heteroatoms. The van der Waals surface area contributed by atoms with Crippen LogP contribution in [0, 0.1) is 0 Å². The number of benzene rings is 2. The zero-order valence-electron chi connectivity index (χ0n) is 15.0. The summed E-state index contributed by atoms with van der Waals surface area (Å²) in [6.45, 7) is 1.87. The van der Waals surface area contributed by atoms with Gasteiger partial charge in [-0.1, -0.05) is 24.3 Å². The molecule has 0 fully saturated rings. The number of rotatable bonds is 4. The first-order chi connectivity index (χ1) is 12.2. The Labute approximate surface area is 155 Å². The zero-order chi connectivity index (χ0) is 19.1. The third kappa shape index (κ3) is 3.13. The predicted molar refractivity (Wildman–Crippen MR) is 101 cm³/mol. The fourth-order valence-corrected chi connectivity index (χ4v) is 5.93. The summed E-state index contributed by atoms with van der Waals surface area (Å²) >= 11 is 0. The van der Waals surface area contributed by atoms with Crippen molar-refractivity contribution in [2.75, 3.05) is 18.4 Å². The Kier molecular flexibility index (Phi) is 4.85. The van der Waals surface area contributed by atoms with Crippen molar-refractivity contribution >= 4 is 25.7 Å². The van der Waals surface area contributed by atoms with E-state index in [1.165, 1.54) is 42.7 Å². The number of hydrogen-bond donors (Lipinski definition) is 0. The van der Waals surface area contributed by atoms with Gasteiger partial charge in [0, 0.05) is 20.1 Å². The number of fused-ring (bicyclic) bond motifs is 1. The largest absolute Gasteiger partial charge is 0.264 e. The van der Waals surface area contributed by atoms with Crippen LogP contribution in [-0.2, 0) is 26.5 Å². The maximum Gasteiger partial charge on any atom is 0.264 e. The van der Waals surface area contributed by atoms with E-state index in [0.717, 1.165) is 16.3 Å². The molecular weight excluding hydrogens is 372 g/mol. The van der Waals surface area contributed by atoms with E-state index in [2.05, 4.69) is 0 Å². The summed E-state index contributed by atoms with van der Waals surface area (Å²) in [4.78, 5) is -0.0644. The molecule has 0 aliphatic carbocycles. The molecule has 0 N–H and O–H groups in total. The van der Waals surface area contributed by atoms with E-state index in [-0.39, 0.29) is 15.8 Å². The molecule has 140 valence electrons. The van der Waals surface area contributed by atoms with Crippen molar-refractivity contribution in [2.24, 2.45) is 0 Å². The van der Waals surface area contributed by atoms with E-state index in [9.17, 15) is 16.8 Å². The molecule has 0 amide bonds. The van der Waals surface area contributed by atoms with Gasteiger partial charge in [-0.2, -0.15) is 0 Å². The Morgan fingerprint density at radius 3 is 2.31 bits per heavy atom. The fourth-order valence-electron chi connectivity index (χ4n) is 3.14. The van der Waals surface area contributed by atoms with Gasteiger partial charge in [0.2, 0.25) is 10.0 Å². The highest BCUT2D eigenvalue weighted by molar-refractivity contribution is 7.93. The lowest BCUT2D eigenvalue weighted by atomic mass is 9.99. The van der Waals surface area contributed by atoms with Crippen molar-refractivity contribution < 1.29 is 16.8 Å². The molecule has 2 aromatic rings. The van der Waals surface area contributed by atoms with Crippen LogP contribution in [0.25, 0.3) is 0 Å². The minimum Gasteiger partial charge on any atom is -0.263 e. The number of sulfonamides is 2. The molecule has 1 aliphatic heterocycles. The Bertz CT molecular complexity index is 1030. The lowest BCUT2D eigenvalue weighted by Gasteiger charge is -2.36. The predicted octanol–water partition coefficient (Wildman–Crippen LogP) is 2.47. The highest BCUT2D eigenvalue weighted by Crippen LogP contribution is 2.35. The minimum atomic E-state index is -3.88. The molecule has 6 nitrogen and oxygen atoms in total. The number of nitrogens with zero attached hydrogens (tertiary/aromatic N) is 2. The van der Waals surface area contributed by atoms with Crippen molar-refractivity contribution in [1.82, 2.24) is 4.31 Å². The topological polar surface area (TPSA) is 74.8 Å². The first kappa shape index (κ1) is 18.9. The van der Waals surface area contributed by atoms with E-state index in [4.69, 9.17) is 0 Å². The fraction of sp³-hybridized carbons (Fsp3) is 0.333. The quantitative estimate of drug-likeness (QED) is 0.798. The van der Waals surface area contributed by atoms with Gasteiger partial charge < -0.3 is 0 Å². The number of hydrogen-bond acceptors (Lipinski definition) is 4. The van der Waals surface area contributed by atoms with Crippen molar-refractivity contribution in [3.8, 4) is 0 Å². The van der Waals surface area contributed by atoms with Crippen LogP contribution >= 0.6 is 0 Å². The molecule has 0 aromatic heterocycles. The molecule has 2 aromatic carbocycles. The molecule has 26 heavy (non-hydrogen) atoms. The Hall–Kier alpha value is -1.90. The van der Waals surface area contributed by atoms with Gasteiger partial charge in [-0.3, -0.25) is 4.31 Å². The smallest absolute Gasteiger partial charge is 0.263 e. The molecule has 1 aliphatic rings. The van der Waals surface area contributed by atoms with Gasteiger partial charge in [-0.15, -0.1) is 0 Å². The van der Waals surface area contributed by atoms with Gasteiger partial charge in [0.25, 0.3) is 10.0 Å². The van der Waals surface area contributed by atoms with Crippen molar-refractivity contribution in [2.45, 2.75) is 35.6 Å². The van der Waals surface area contributed by atoms with Gasteiger partial charge in [-0.25, -0.2) is 21.1 Å². The summed E-state index contributed by atoms with van der Waals surface area (Å²) in [5.74, 6) is 0. The minimum absolute atomic E-state index is 0.0241. The van der Waals surface area contributed by atoms with Crippen LogP contribution in [0.15, 0.2) is 58.3 Å². The highest BCUT2D eigenvalue weighted by atomic mass is 32.2. The first-order valence-electron chi connectivity index (χ1n) is 8.30. The maximum atomic E-state index is 13.3. The van der Waals surface area contributed by atoms with E-state index in [1.807, 2.05) is 25.1 Å². The molecule has 0 spiro atoms. The summed E-state index contributed by atoms with van der Waals surface area (Å²) in [6.07, 6.45) is 1.53. The molecule has 3 rings (SSSR count). The van der Waals surface area contributed by atoms with E-state index < -0.39 is 20.0 Å². The average Bonchev–Trinajstić information content (AvgIpc) is 2.61. The van der Waals surface area contributed by atoms with Crippen molar-refractivity contribution in [3.05, 3.63) is 54.1 Å². The number of anilines is 1. The van der Waals surface area contributed by atoms with E-state index in [0.29, 0.717) is 12.1 Å². The van der Waals surface area contributed by atoms with Gasteiger partial charge in [0.05, 0.1) is 15.5 Å². The van der Waals surface area contributed by atoms with Crippen molar-refractivity contribution in [3.63, 3.8) is 0 Å². The second-order valence-corrected chi connectivity index (χ2v) is 10.5. The Balaban J connectivity index is 2.13. The third-order valence-corrected chi connectivity index (χ3v) is 8.34. The molecule has 1 heterocycles. The van der Waals surface area contributed by atoms with Gasteiger partial charge >= 0.3 is 0 Å². The van der Waals surface area contributed by atoms with Gasteiger partial charge in [0.1, 0.15) is 0 Å². The summed E-state index contributed by atoms with van der Waals surface area (Å²) in [7, 11) is -4.76. The SMILES string of the molecule is C[C@@H]1CCc2ccccc2N1S(=O)(=O)c1cccc(S(=O)(=O)N(C)C)c1. The Morgan fingerprint density at radius 1 is 0.962 bits per heavy atom. The summed E-state index contributed by atoms with van der Waals surface area (Å²) in [5.41, 5.74) is 1.64. The van der Waals surface area contributed by atoms with Crippen LogP contribution in [0.1, 0.15) is 18.9 Å². The highest BCUT2D eigenvalue weighted by Gasteiger charge is 2.34.